The number of aromatic nitrogens is 2. The van der Waals surface area contributed by atoms with Crippen LogP contribution in [0.15, 0.2) is 60.9 Å². The van der Waals surface area contributed by atoms with Crippen molar-refractivity contribution in [1.29, 1.82) is 0 Å². The molecule has 2 amide bonds. The minimum Gasteiger partial charge on any atom is -0.496 e. The summed E-state index contributed by atoms with van der Waals surface area (Å²) in [6.07, 6.45) is 2.35. The van der Waals surface area contributed by atoms with Gasteiger partial charge in [0.15, 0.2) is 0 Å². The zero-order valence-corrected chi connectivity index (χ0v) is 19.8. The van der Waals surface area contributed by atoms with E-state index in [2.05, 4.69) is 15.3 Å². The maximum Gasteiger partial charge on any atom is 0.410 e. The van der Waals surface area contributed by atoms with E-state index in [0.29, 0.717) is 48.0 Å². The minimum atomic E-state index is -0.418. The van der Waals surface area contributed by atoms with Crippen LogP contribution in [-0.2, 0) is 16.1 Å². The summed E-state index contributed by atoms with van der Waals surface area (Å²) in [4.78, 5) is 35.7. The molecule has 35 heavy (non-hydrogen) atoms. The molecule has 3 aromatic rings. The van der Waals surface area contributed by atoms with E-state index in [1.165, 1.54) is 6.33 Å². The number of ether oxygens (including phenoxy) is 3. The first-order chi connectivity index (χ1) is 17.1. The number of nitrogens with one attached hydrogen (secondary N) is 1. The molecule has 1 N–H and O–H groups in total. The van der Waals surface area contributed by atoms with Gasteiger partial charge >= 0.3 is 6.09 Å². The van der Waals surface area contributed by atoms with Gasteiger partial charge < -0.3 is 24.4 Å². The smallest absolute Gasteiger partial charge is 0.410 e. The van der Waals surface area contributed by atoms with Gasteiger partial charge in [-0.3, -0.25) is 4.79 Å². The van der Waals surface area contributed by atoms with E-state index < -0.39 is 6.09 Å². The molecule has 182 valence electrons. The first-order valence-electron chi connectivity index (χ1n) is 11.4. The van der Waals surface area contributed by atoms with Gasteiger partial charge in [0.25, 0.3) is 0 Å². The van der Waals surface area contributed by atoms with Crippen LogP contribution in [0, 0.1) is 5.92 Å². The average Bonchev–Trinajstić information content (AvgIpc) is 2.92. The predicted octanol–water partition coefficient (Wildman–Crippen LogP) is 4.15. The number of anilines is 1. The Morgan fingerprint density at radius 2 is 1.77 bits per heavy atom. The minimum absolute atomic E-state index is 0.198. The molecular formula is C26H28N4O5. The second kappa shape index (κ2) is 11.3. The van der Waals surface area contributed by atoms with Crippen molar-refractivity contribution < 1.29 is 23.8 Å². The Morgan fingerprint density at radius 3 is 2.49 bits per heavy atom. The summed E-state index contributed by atoms with van der Waals surface area (Å²) < 4.78 is 16.4. The molecule has 1 fully saturated rings. The summed E-state index contributed by atoms with van der Waals surface area (Å²) in [6.45, 7) is 1.05. The van der Waals surface area contributed by atoms with Crippen LogP contribution in [0.4, 0.5) is 10.6 Å². The van der Waals surface area contributed by atoms with Crippen molar-refractivity contribution in [1.82, 2.24) is 14.9 Å². The molecule has 1 atom stereocenters. The molecule has 4 rings (SSSR count). The normalized spacial score (nSPS) is 15.3. The van der Waals surface area contributed by atoms with Gasteiger partial charge in [-0.1, -0.05) is 36.4 Å². The standard InChI is InChI=1S/C26H28N4O5/c1-33-21-11-6-12-22(34-2)24(21)20-14-23(28-17-27-20)29-25(31)19-10-7-13-30(15-19)26(32)35-16-18-8-4-3-5-9-18/h3-6,8-9,11-12,14,17,19H,7,10,13,15-16H2,1-2H3,(H,27,28,29,31). The second-order valence-corrected chi connectivity index (χ2v) is 8.14. The number of carbonyl (C=O) groups excluding carboxylic acids is 2. The van der Waals surface area contributed by atoms with Crippen LogP contribution in [0.25, 0.3) is 11.3 Å². The molecule has 1 saturated heterocycles. The van der Waals surface area contributed by atoms with E-state index in [9.17, 15) is 9.59 Å². The molecule has 9 heteroatoms. The molecule has 0 saturated carbocycles. The summed E-state index contributed by atoms with van der Waals surface area (Å²) in [6, 6.07) is 16.6. The summed E-state index contributed by atoms with van der Waals surface area (Å²) in [7, 11) is 3.14. The molecule has 2 aromatic carbocycles. The first-order valence-corrected chi connectivity index (χ1v) is 11.4. The third-order valence-electron chi connectivity index (χ3n) is 5.86. The van der Waals surface area contributed by atoms with E-state index in [-0.39, 0.29) is 25.0 Å². The largest absolute Gasteiger partial charge is 0.496 e. The fraction of sp³-hybridized carbons (Fsp3) is 0.308. The molecule has 1 aliphatic heterocycles. The average molecular weight is 477 g/mol. The van der Waals surface area contributed by atoms with Gasteiger partial charge in [-0.25, -0.2) is 14.8 Å². The number of piperidine rings is 1. The highest BCUT2D eigenvalue weighted by Gasteiger charge is 2.29. The van der Waals surface area contributed by atoms with Crippen molar-refractivity contribution in [3.8, 4) is 22.8 Å². The molecule has 1 aliphatic rings. The van der Waals surface area contributed by atoms with Crippen molar-refractivity contribution in [2.45, 2.75) is 19.4 Å². The van der Waals surface area contributed by atoms with E-state index >= 15 is 0 Å². The number of benzene rings is 2. The van der Waals surface area contributed by atoms with Gasteiger partial charge in [0, 0.05) is 19.2 Å². The molecule has 0 aliphatic carbocycles. The SMILES string of the molecule is COc1cccc(OC)c1-c1cc(NC(=O)C2CCCN(C(=O)OCc3ccccc3)C2)ncn1. The second-order valence-electron chi connectivity index (χ2n) is 8.14. The number of amides is 2. The molecule has 1 unspecified atom stereocenters. The number of hydrogen-bond acceptors (Lipinski definition) is 7. The molecule has 0 bridgehead atoms. The van der Waals surface area contributed by atoms with Crippen LogP contribution < -0.4 is 14.8 Å². The van der Waals surface area contributed by atoms with Crippen LogP contribution in [-0.4, -0.2) is 54.2 Å². The van der Waals surface area contributed by atoms with Gasteiger partial charge in [-0.2, -0.15) is 0 Å². The summed E-state index contributed by atoms with van der Waals surface area (Å²) in [5, 5.41) is 2.86. The van der Waals surface area contributed by atoms with E-state index in [4.69, 9.17) is 14.2 Å². The Morgan fingerprint density at radius 1 is 1.03 bits per heavy atom. The lowest BCUT2D eigenvalue weighted by atomic mass is 9.97. The summed E-state index contributed by atoms with van der Waals surface area (Å²) >= 11 is 0. The molecule has 0 radical (unpaired) electrons. The number of likely N-dealkylation sites (tertiary alicyclic amines) is 1. The maximum atomic E-state index is 13.0. The van der Waals surface area contributed by atoms with Gasteiger partial charge in [0.1, 0.15) is 30.3 Å². The van der Waals surface area contributed by atoms with Crippen LogP contribution >= 0.6 is 0 Å². The highest BCUT2D eigenvalue weighted by Crippen LogP contribution is 2.37. The van der Waals surface area contributed by atoms with Gasteiger partial charge in [-0.15, -0.1) is 0 Å². The Kier molecular flexibility index (Phi) is 7.77. The molecule has 1 aromatic heterocycles. The van der Waals surface area contributed by atoms with Gasteiger partial charge in [-0.05, 0) is 30.5 Å². The molecule has 2 heterocycles. The molecule has 0 spiro atoms. The monoisotopic (exact) mass is 476 g/mol. The number of hydrogen-bond donors (Lipinski definition) is 1. The van der Waals surface area contributed by atoms with E-state index in [0.717, 1.165) is 5.56 Å². The van der Waals surface area contributed by atoms with Gasteiger partial charge in [0.2, 0.25) is 5.91 Å². The molecule has 9 nitrogen and oxygen atoms in total. The van der Waals surface area contributed by atoms with Crippen molar-refractivity contribution in [2.75, 3.05) is 32.6 Å². The lowest BCUT2D eigenvalue weighted by Gasteiger charge is -2.31. The molecular weight excluding hydrogens is 448 g/mol. The highest BCUT2D eigenvalue weighted by molar-refractivity contribution is 5.92. The topological polar surface area (TPSA) is 103 Å². The maximum absolute atomic E-state index is 13.0. The van der Waals surface area contributed by atoms with Crippen molar-refractivity contribution in [2.24, 2.45) is 5.92 Å². The van der Waals surface area contributed by atoms with Crippen molar-refractivity contribution >= 4 is 17.8 Å². The van der Waals surface area contributed by atoms with Crippen molar-refractivity contribution in [3.63, 3.8) is 0 Å². The summed E-state index contributed by atoms with van der Waals surface area (Å²) in [5.41, 5.74) is 2.14. The van der Waals surface area contributed by atoms with Crippen LogP contribution in [0.5, 0.6) is 11.5 Å². The van der Waals surface area contributed by atoms with E-state index in [1.54, 1.807) is 25.2 Å². The van der Waals surface area contributed by atoms with Crippen LogP contribution in [0.1, 0.15) is 18.4 Å². The highest BCUT2D eigenvalue weighted by atomic mass is 16.6. The third-order valence-corrected chi connectivity index (χ3v) is 5.86. The zero-order chi connectivity index (χ0) is 24.6. The van der Waals surface area contributed by atoms with Crippen molar-refractivity contribution in [3.05, 3.63) is 66.5 Å². The lowest BCUT2D eigenvalue weighted by Crippen LogP contribution is -2.44. The fourth-order valence-corrected chi connectivity index (χ4v) is 4.06. The fourth-order valence-electron chi connectivity index (χ4n) is 4.06. The first kappa shape index (κ1) is 24.0. The Labute approximate surface area is 204 Å². The zero-order valence-electron chi connectivity index (χ0n) is 19.8. The quantitative estimate of drug-likeness (QED) is 0.546. The Balaban J connectivity index is 1.41. The summed E-state index contributed by atoms with van der Waals surface area (Å²) in [5.74, 6) is 0.973. The number of rotatable bonds is 7. The number of methoxy groups -OCH3 is 2. The Hall–Kier alpha value is -4.14. The van der Waals surface area contributed by atoms with Gasteiger partial charge in [0.05, 0.1) is 31.4 Å². The predicted molar refractivity (Wildman–Crippen MR) is 130 cm³/mol. The number of nitrogens with zero attached hydrogens (tertiary/aromatic N) is 3. The van der Waals surface area contributed by atoms with Crippen LogP contribution in [0.2, 0.25) is 0 Å². The number of carbonyl (C=O) groups is 2. The Bertz CT molecular complexity index is 1150. The third kappa shape index (κ3) is 5.87. The van der Waals surface area contributed by atoms with Crippen LogP contribution in [0.3, 0.4) is 0 Å². The lowest BCUT2D eigenvalue weighted by molar-refractivity contribution is -0.121. The van der Waals surface area contributed by atoms with E-state index in [1.807, 2.05) is 48.5 Å².